The maximum Gasteiger partial charge on any atom is 0.276 e. The fourth-order valence-corrected chi connectivity index (χ4v) is 3.19. The average molecular weight is 327 g/mol. The first-order valence-electron chi connectivity index (χ1n) is 7.16. The molecule has 23 heavy (non-hydrogen) atoms. The van der Waals surface area contributed by atoms with Gasteiger partial charge in [0.05, 0.1) is 11.1 Å². The lowest BCUT2D eigenvalue weighted by Gasteiger charge is -2.03. The molecule has 0 atom stereocenters. The Labute approximate surface area is 135 Å². The van der Waals surface area contributed by atoms with Crippen LogP contribution in [0.15, 0.2) is 58.5 Å². The summed E-state index contributed by atoms with van der Waals surface area (Å²) in [6.45, 7) is 3.83. The Morgan fingerprint density at radius 3 is 2.48 bits per heavy atom. The molecular weight excluding hydrogens is 310 g/mol. The highest BCUT2D eigenvalue weighted by molar-refractivity contribution is 7.89. The summed E-state index contributed by atoms with van der Waals surface area (Å²) in [5.74, 6) is 0. The van der Waals surface area contributed by atoms with Gasteiger partial charge in [0.1, 0.15) is 0 Å². The van der Waals surface area contributed by atoms with Gasteiger partial charge in [0, 0.05) is 22.2 Å². The molecule has 0 spiro atoms. The summed E-state index contributed by atoms with van der Waals surface area (Å²) in [4.78, 5) is 5.69. The van der Waals surface area contributed by atoms with Gasteiger partial charge in [-0.2, -0.15) is 13.5 Å². The van der Waals surface area contributed by atoms with Gasteiger partial charge >= 0.3 is 0 Å². The molecule has 0 aliphatic rings. The number of para-hydroxylation sites is 1. The lowest BCUT2D eigenvalue weighted by molar-refractivity contribution is 0.584. The van der Waals surface area contributed by atoms with Gasteiger partial charge in [-0.05, 0) is 32.0 Å². The monoisotopic (exact) mass is 327 g/mol. The summed E-state index contributed by atoms with van der Waals surface area (Å²) < 4.78 is 24.4. The quantitative estimate of drug-likeness (QED) is 0.571. The Balaban J connectivity index is 1.85. The second-order valence-corrected chi connectivity index (χ2v) is 7.04. The number of nitrogens with zero attached hydrogens (tertiary/aromatic N) is 1. The molecule has 0 bridgehead atoms. The number of hydrogen-bond acceptors (Lipinski definition) is 3. The number of aromatic amines is 1. The minimum Gasteiger partial charge on any atom is -0.358 e. The van der Waals surface area contributed by atoms with E-state index >= 15 is 0 Å². The highest BCUT2D eigenvalue weighted by Crippen LogP contribution is 2.20. The van der Waals surface area contributed by atoms with Crippen molar-refractivity contribution in [3.05, 3.63) is 65.4 Å². The molecule has 0 aliphatic carbocycles. The number of aryl methyl sites for hydroxylation is 2. The predicted molar refractivity (Wildman–Crippen MR) is 92.1 cm³/mol. The highest BCUT2D eigenvalue weighted by atomic mass is 32.2. The first-order chi connectivity index (χ1) is 11.0. The second-order valence-electron chi connectivity index (χ2n) is 5.38. The van der Waals surface area contributed by atoms with Crippen LogP contribution in [0.5, 0.6) is 0 Å². The summed E-state index contributed by atoms with van der Waals surface area (Å²) in [5, 5.41) is 4.92. The molecule has 1 aromatic heterocycles. The van der Waals surface area contributed by atoms with E-state index in [1.54, 1.807) is 24.3 Å². The molecule has 0 radical (unpaired) electrons. The van der Waals surface area contributed by atoms with Crippen LogP contribution in [0.2, 0.25) is 0 Å². The zero-order valence-corrected chi connectivity index (χ0v) is 13.7. The van der Waals surface area contributed by atoms with Gasteiger partial charge in [0.2, 0.25) is 0 Å². The number of rotatable bonds is 4. The molecule has 0 aliphatic heterocycles. The van der Waals surface area contributed by atoms with Gasteiger partial charge in [0.25, 0.3) is 10.0 Å². The standard InChI is InChI=1S/C17H17N3O2S/c1-12-7-9-14(10-8-12)23(21,22)20-18-11-16-13(2)19-17-6-4-3-5-15(16)17/h3-11,19-20H,1-2H3/b18-11+. The lowest BCUT2D eigenvalue weighted by Crippen LogP contribution is -2.18. The largest absolute Gasteiger partial charge is 0.358 e. The third-order valence-corrected chi connectivity index (χ3v) is 4.88. The van der Waals surface area contributed by atoms with Crippen molar-refractivity contribution in [2.24, 2.45) is 5.10 Å². The molecule has 0 unspecified atom stereocenters. The molecular formula is C17H17N3O2S. The average Bonchev–Trinajstić information content (AvgIpc) is 2.84. The molecule has 0 amide bonds. The Morgan fingerprint density at radius 1 is 1.04 bits per heavy atom. The first kappa shape index (κ1) is 15.3. The number of H-pyrrole nitrogens is 1. The summed E-state index contributed by atoms with van der Waals surface area (Å²) >= 11 is 0. The Morgan fingerprint density at radius 2 is 1.74 bits per heavy atom. The maximum absolute atomic E-state index is 12.2. The van der Waals surface area contributed by atoms with E-state index in [0.29, 0.717) is 0 Å². The van der Waals surface area contributed by atoms with E-state index < -0.39 is 10.0 Å². The molecule has 2 N–H and O–H groups in total. The Kier molecular flexibility index (Phi) is 3.92. The van der Waals surface area contributed by atoms with Crippen molar-refractivity contribution in [1.82, 2.24) is 9.82 Å². The van der Waals surface area contributed by atoms with E-state index in [1.807, 2.05) is 38.1 Å². The van der Waals surface area contributed by atoms with Crippen molar-refractivity contribution in [3.63, 3.8) is 0 Å². The SMILES string of the molecule is Cc1ccc(S(=O)(=O)N/N=C/c2c(C)[nH]c3ccccc23)cc1. The van der Waals surface area contributed by atoms with Crippen molar-refractivity contribution in [3.8, 4) is 0 Å². The molecule has 5 nitrogen and oxygen atoms in total. The molecule has 118 valence electrons. The normalized spacial score (nSPS) is 12.1. The molecule has 0 saturated heterocycles. The summed E-state index contributed by atoms with van der Waals surface area (Å²) in [6, 6.07) is 14.4. The fraction of sp³-hybridized carbons (Fsp3) is 0.118. The second kappa shape index (κ2) is 5.89. The van der Waals surface area contributed by atoms with Crippen molar-refractivity contribution in [1.29, 1.82) is 0 Å². The number of aromatic nitrogens is 1. The van der Waals surface area contributed by atoms with Gasteiger partial charge < -0.3 is 4.98 Å². The van der Waals surface area contributed by atoms with Crippen LogP contribution < -0.4 is 4.83 Å². The Bertz CT molecular complexity index is 971. The number of benzene rings is 2. The van der Waals surface area contributed by atoms with Crippen LogP contribution in [0.3, 0.4) is 0 Å². The number of fused-ring (bicyclic) bond motifs is 1. The van der Waals surface area contributed by atoms with E-state index in [2.05, 4.69) is 14.9 Å². The Hall–Kier alpha value is -2.60. The molecule has 2 aromatic carbocycles. The van der Waals surface area contributed by atoms with Gasteiger partial charge in [0.15, 0.2) is 0 Å². The lowest BCUT2D eigenvalue weighted by atomic mass is 10.1. The predicted octanol–water partition coefficient (Wildman–Crippen LogP) is 3.10. The van der Waals surface area contributed by atoms with Crippen LogP contribution in [0.4, 0.5) is 0 Å². The molecule has 0 saturated carbocycles. The fourth-order valence-electron chi connectivity index (χ4n) is 2.40. The molecule has 3 aromatic rings. The van der Waals surface area contributed by atoms with E-state index in [9.17, 15) is 8.42 Å². The van der Waals surface area contributed by atoms with E-state index in [4.69, 9.17) is 0 Å². The molecule has 1 heterocycles. The van der Waals surface area contributed by atoms with Crippen molar-refractivity contribution < 1.29 is 8.42 Å². The van der Waals surface area contributed by atoms with E-state index in [0.717, 1.165) is 27.7 Å². The van der Waals surface area contributed by atoms with Gasteiger partial charge in [-0.25, -0.2) is 4.83 Å². The maximum atomic E-state index is 12.2. The molecule has 0 fully saturated rings. The smallest absolute Gasteiger partial charge is 0.276 e. The summed E-state index contributed by atoms with van der Waals surface area (Å²) in [5.41, 5.74) is 3.80. The van der Waals surface area contributed by atoms with E-state index in [-0.39, 0.29) is 4.90 Å². The summed E-state index contributed by atoms with van der Waals surface area (Å²) in [7, 11) is -3.65. The third kappa shape index (κ3) is 3.12. The van der Waals surface area contributed by atoms with E-state index in [1.165, 1.54) is 6.21 Å². The number of hydrazone groups is 1. The number of sulfonamides is 1. The van der Waals surface area contributed by atoms with Crippen molar-refractivity contribution in [2.45, 2.75) is 18.7 Å². The minimum absolute atomic E-state index is 0.191. The van der Waals surface area contributed by atoms with Gasteiger partial charge in [-0.3, -0.25) is 0 Å². The van der Waals surface area contributed by atoms with Crippen LogP contribution in [-0.4, -0.2) is 19.6 Å². The van der Waals surface area contributed by atoms with Crippen LogP contribution in [0.1, 0.15) is 16.8 Å². The van der Waals surface area contributed by atoms with Gasteiger partial charge in [-0.15, -0.1) is 0 Å². The van der Waals surface area contributed by atoms with Crippen LogP contribution >= 0.6 is 0 Å². The highest BCUT2D eigenvalue weighted by Gasteiger charge is 2.12. The molecule has 3 rings (SSSR count). The van der Waals surface area contributed by atoms with Crippen molar-refractivity contribution in [2.75, 3.05) is 0 Å². The number of hydrogen-bond donors (Lipinski definition) is 2. The van der Waals surface area contributed by atoms with Gasteiger partial charge in [-0.1, -0.05) is 35.9 Å². The van der Waals surface area contributed by atoms with Crippen LogP contribution in [-0.2, 0) is 10.0 Å². The van der Waals surface area contributed by atoms with Crippen LogP contribution in [0.25, 0.3) is 10.9 Å². The zero-order chi connectivity index (χ0) is 16.4. The first-order valence-corrected chi connectivity index (χ1v) is 8.64. The third-order valence-electron chi connectivity index (χ3n) is 3.64. The van der Waals surface area contributed by atoms with Crippen molar-refractivity contribution >= 4 is 27.1 Å². The molecule has 6 heteroatoms. The number of nitrogens with one attached hydrogen (secondary N) is 2. The summed E-state index contributed by atoms with van der Waals surface area (Å²) in [6.07, 6.45) is 1.53. The van der Waals surface area contributed by atoms with Crippen LogP contribution in [0, 0.1) is 13.8 Å². The topological polar surface area (TPSA) is 74.3 Å². The minimum atomic E-state index is -3.65. The zero-order valence-electron chi connectivity index (χ0n) is 12.9.